The van der Waals surface area contributed by atoms with E-state index in [1.165, 1.54) is 11.6 Å². The van der Waals surface area contributed by atoms with Gasteiger partial charge in [0.1, 0.15) is 6.04 Å². The molecule has 1 aliphatic rings. The fourth-order valence-corrected chi connectivity index (χ4v) is 3.03. The van der Waals surface area contributed by atoms with Gasteiger partial charge >= 0.3 is 5.97 Å². The lowest BCUT2D eigenvalue weighted by Crippen LogP contribution is -2.46. The Labute approximate surface area is 145 Å². The standard InChI is InChI=1S/C18H22N2O5/c21-15(20-25)11-8-12-6-9-14(10-7-12)17(22)19-16(18(23)24)13-4-2-1-3-5-13/h6-11,13,16,25H,1-5H2,(H,19,22)(H,20,21)(H,23,24)/t16-/m0/s1. The number of aliphatic carboxylic acids is 1. The average Bonchev–Trinajstić information content (AvgIpc) is 2.64. The maximum Gasteiger partial charge on any atom is 0.326 e. The third-order valence-corrected chi connectivity index (χ3v) is 4.38. The van der Waals surface area contributed by atoms with E-state index >= 15 is 0 Å². The Morgan fingerprint density at radius 2 is 1.72 bits per heavy atom. The Bertz CT molecular complexity index is 648. The first-order valence-corrected chi connectivity index (χ1v) is 8.27. The van der Waals surface area contributed by atoms with Crippen LogP contribution in [0.4, 0.5) is 0 Å². The largest absolute Gasteiger partial charge is 0.480 e. The molecule has 25 heavy (non-hydrogen) atoms. The maximum atomic E-state index is 12.3. The first-order valence-electron chi connectivity index (χ1n) is 8.27. The maximum absolute atomic E-state index is 12.3. The molecule has 7 heteroatoms. The number of carboxylic acid groups (broad SMARTS) is 1. The lowest BCUT2D eigenvalue weighted by molar-refractivity contribution is -0.141. The van der Waals surface area contributed by atoms with E-state index in [0.29, 0.717) is 11.1 Å². The summed E-state index contributed by atoms with van der Waals surface area (Å²) in [4.78, 5) is 34.8. The van der Waals surface area contributed by atoms with Gasteiger partial charge in [0.05, 0.1) is 0 Å². The van der Waals surface area contributed by atoms with Crippen molar-refractivity contribution in [1.82, 2.24) is 10.8 Å². The summed E-state index contributed by atoms with van der Waals surface area (Å²) >= 11 is 0. The van der Waals surface area contributed by atoms with E-state index in [0.717, 1.165) is 38.2 Å². The Balaban J connectivity index is 2.02. The lowest BCUT2D eigenvalue weighted by Gasteiger charge is -2.28. The van der Waals surface area contributed by atoms with Crippen LogP contribution >= 0.6 is 0 Å². The molecule has 1 fully saturated rings. The van der Waals surface area contributed by atoms with Crippen LogP contribution in [0.2, 0.25) is 0 Å². The van der Waals surface area contributed by atoms with Crippen molar-refractivity contribution in [1.29, 1.82) is 0 Å². The first-order chi connectivity index (χ1) is 12.0. The Morgan fingerprint density at radius 3 is 2.28 bits per heavy atom. The Kier molecular flexibility index (Phi) is 6.71. The number of hydroxylamine groups is 1. The lowest BCUT2D eigenvalue weighted by atomic mass is 9.84. The fourth-order valence-electron chi connectivity index (χ4n) is 3.03. The van der Waals surface area contributed by atoms with E-state index in [1.54, 1.807) is 24.3 Å². The molecule has 0 unspecified atom stereocenters. The molecule has 2 rings (SSSR count). The van der Waals surface area contributed by atoms with Crippen LogP contribution in [0, 0.1) is 5.92 Å². The summed E-state index contributed by atoms with van der Waals surface area (Å²) in [5.41, 5.74) is 2.50. The summed E-state index contributed by atoms with van der Waals surface area (Å²) in [7, 11) is 0. The highest BCUT2D eigenvalue weighted by Crippen LogP contribution is 2.26. The molecule has 0 bridgehead atoms. The van der Waals surface area contributed by atoms with Crippen molar-refractivity contribution in [3.63, 3.8) is 0 Å². The molecule has 0 saturated heterocycles. The molecule has 0 aromatic heterocycles. The number of amides is 2. The van der Waals surface area contributed by atoms with Crippen LogP contribution < -0.4 is 10.8 Å². The fraction of sp³-hybridized carbons (Fsp3) is 0.389. The van der Waals surface area contributed by atoms with Crippen LogP contribution in [0.1, 0.15) is 48.0 Å². The number of hydrogen-bond acceptors (Lipinski definition) is 4. The minimum absolute atomic E-state index is 0.0330. The van der Waals surface area contributed by atoms with Crippen LogP contribution in [0.3, 0.4) is 0 Å². The van der Waals surface area contributed by atoms with Gasteiger partial charge < -0.3 is 10.4 Å². The number of carbonyl (C=O) groups is 3. The summed E-state index contributed by atoms with van der Waals surface area (Å²) in [6.45, 7) is 0. The van der Waals surface area contributed by atoms with Gasteiger partial charge in [-0.15, -0.1) is 0 Å². The quantitative estimate of drug-likeness (QED) is 0.357. The predicted octanol–water partition coefficient (Wildman–Crippen LogP) is 1.97. The smallest absolute Gasteiger partial charge is 0.326 e. The molecule has 0 heterocycles. The Morgan fingerprint density at radius 1 is 1.08 bits per heavy atom. The predicted molar refractivity (Wildman–Crippen MR) is 90.9 cm³/mol. The summed E-state index contributed by atoms with van der Waals surface area (Å²) in [5.74, 6) is -2.12. The molecule has 1 aromatic rings. The highest BCUT2D eigenvalue weighted by Gasteiger charge is 2.30. The minimum atomic E-state index is -1.00. The molecule has 0 spiro atoms. The van der Waals surface area contributed by atoms with Crippen LogP contribution in [0.5, 0.6) is 0 Å². The second kappa shape index (κ2) is 8.98. The minimum Gasteiger partial charge on any atom is -0.480 e. The van der Waals surface area contributed by atoms with Crippen molar-refractivity contribution in [3.05, 3.63) is 41.5 Å². The van der Waals surface area contributed by atoms with E-state index in [2.05, 4.69) is 5.32 Å². The third kappa shape index (κ3) is 5.42. The second-order valence-electron chi connectivity index (χ2n) is 6.12. The summed E-state index contributed by atoms with van der Waals surface area (Å²) in [6, 6.07) is 5.51. The van der Waals surface area contributed by atoms with E-state index < -0.39 is 23.8 Å². The van der Waals surface area contributed by atoms with Gasteiger partial charge in [0.15, 0.2) is 0 Å². The molecular weight excluding hydrogens is 324 g/mol. The van der Waals surface area contributed by atoms with Crippen molar-refractivity contribution < 1.29 is 24.7 Å². The number of carboxylic acids is 1. The molecule has 134 valence electrons. The highest BCUT2D eigenvalue weighted by molar-refractivity contribution is 5.97. The van der Waals surface area contributed by atoms with Crippen LogP contribution in [-0.4, -0.2) is 34.1 Å². The molecule has 4 N–H and O–H groups in total. The van der Waals surface area contributed by atoms with Gasteiger partial charge in [-0.05, 0) is 42.5 Å². The normalized spacial score (nSPS) is 16.4. The molecule has 1 atom stereocenters. The van der Waals surface area contributed by atoms with Gasteiger partial charge in [0.2, 0.25) is 0 Å². The molecule has 1 aliphatic carbocycles. The monoisotopic (exact) mass is 346 g/mol. The van der Waals surface area contributed by atoms with Crippen molar-refractivity contribution in [2.24, 2.45) is 5.92 Å². The summed E-state index contributed by atoms with van der Waals surface area (Å²) in [5, 5.41) is 20.5. The van der Waals surface area contributed by atoms with Gasteiger partial charge in [-0.1, -0.05) is 31.4 Å². The van der Waals surface area contributed by atoms with Gasteiger partial charge in [-0.25, -0.2) is 10.3 Å². The van der Waals surface area contributed by atoms with Crippen molar-refractivity contribution >= 4 is 23.9 Å². The van der Waals surface area contributed by atoms with Gasteiger partial charge in [-0.3, -0.25) is 14.8 Å². The Hall–Kier alpha value is -2.67. The van der Waals surface area contributed by atoms with Crippen LogP contribution in [0.25, 0.3) is 6.08 Å². The average molecular weight is 346 g/mol. The molecular formula is C18H22N2O5. The third-order valence-electron chi connectivity index (χ3n) is 4.38. The van der Waals surface area contributed by atoms with E-state index in [9.17, 15) is 19.5 Å². The molecule has 7 nitrogen and oxygen atoms in total. The van der Waals surface area contributed by atoms with Gasteiger partial charge in [0, 0.05) is 11.6 Å². The molecule has 2 amide bonds. The molecule has 1 saturated carbocycles. The summed E-state index contributed by atoms with van der Waals surface area (Å²) < 4.78 is 0. The zero-order valence-electron chi connectivity index (χ0n) is 13.8. The van der Waals surface area contributed by atoms with Gasteiger partial charge in [-0.2, -0.15) is 0 Å². The highest BCUT2D eigenvalue weighted by atomic mass is 16.5. The first kappa shape index (κ1) is 18.7. The number of benzene rings is 1. The van der Waals surface area contributed by atoms with Crippen molar-refractivity contribution in [2.75, 3.05) is 0 Å². The van der Waals surface area contributed by atoms with E-state index in [1.807, 2.05) is 0 Å². The molecule has 0 radical (unpaired) electrons. The van der Waals surface area contributed by atoms with Crippen LogP contribution in [0.15, 0.2) is 30.3 Å². The number of carbonyl (C=O) groups excluding carboxylic acids is 2. The van der Waals surface area contributed by atoms with Gasteiger partial charge in [0.25, 0.3) is 11.8 Å². The van der Waals surface area contributed by atoms with Crippen molar-refractivity contribution in [3.8, 4) is 0 Å². The number of hydrogen-bond donors (Lipinski definition) is 4. The van der Waals surface area contributed by atoms with Crippen molar-refractivity contribution in [2.45, 2.75) is 38.1 Å². The van der Waals surface area contributed by atoms with E-state index in [4.69, 9.17) is 5.21 Å². The molecule has 0 aliphatic heterocycles. The van der Waals surface area contributed by atoms with Crippen LogP contribution in [-0.2, 0) is 9.59 Å². The number of nitrogens with one attached hydrogen (secondary N) is 2. The molecule has 1 aromatic carbocycles. The zero-order chi connectivity index (χ0) is 18.2. The van der Waals surface area contributed by atoms with E-state index in [-0.39, 0.29) is 5.92 Å². The summed E-state index contributed by atoms with van der Waals surface area (Å²) in [6.07, 6.45) is 7.36. The second-order valence-corrected chi connectivity index (χ2v) is 6.12. The zero-order valence-corrected chi connectivity index (χ0v) is 13.8. The topological polar surface area (TPSA) is 116 Å². The number of rotatable bonds is 6. The SMILES string of the molecule is O=C(C=Cc1ccc(C(=O)N[C@H](C(=O)O)C2CCCCC2)cc1)NO.